The van der Waals surface area contributed by atoms with Gasteiger partial charge in [0.1, 0.15) is 22.6 Å². The Morgan fingerprint density at radius 3 is 2.64 bits per heavy atom. The summed E-state index contributed by atoms with van der Waals surface area (Å²) < 4.78 is 25.5. The molecule has 2 aliphatic heterocycles. The number of nitrogens with zero attached hydrogens (tertiary/aromatic N) is 4. The van der Waals surface area contributed by atoms with Gasteiger partial charge in [0, 0.05) is 26.6 Å². The van der Waals surface area contributed by atoms with Crippen molar-refractivity contribution in [3.05, 3.63) is 52.0 Å². The van der Waals surface area contributed by atoms with Crippen LogP contribution in [-0.4, -0.2) is 67.7 Å². The third-order valence-electron chi connectivity index (χ3n) is 7.18. The molecule has 0 radical (unpaired) electrons. The lowest BCUT2D eigenvalue weighted by molar-refractivity contribution is -0.402. The van der Waals surface area contributed by atoms with E-state index in [-0.39, 0.29) is 30.7 Å². The van der Waals surface area contributed by atoms with Crippen LogP contribution in [0.25, 0.3) is 0 Å². The second-order valence-electron chi connectivity index (χ2n) is 9.78. The molecule has 2 amide bonds. The fourth-order valence-electron chi connectivity index (χ4n) is 5.37. The molecular formula is C24H28FN5O6. The SMILES string of the molecule is CC(=O)NC[C@H]1CN(c2ccc(N3CC4C(CN(C)Cc5ccc([N+](=O)[O-])o5)C4C3)c(F)c2)C(=O)O1. The highest BCUT2D eigenvalue weighted by atomic mass is 19.1. The zero-order valence-electron chi connectivity index (χ0n) is 20.1. The average Bonchev–Trinajstić information content (AvgIpc) is 3.26. The van der Waals surface area contributed by atoms with E-state index >= 15 is 4.39 Å². The monoisotopic (exact) mass is 501 g/mol. The van der Waals surface area contributed by atoms with Crippen molar-refractivity contribution in [2.75, 3.05) is 49.6 Å². The van der Waals surface area contributed by atoms with Crippen LogP contribution in [0.1, 0.15) is 12.7 Å². The molecule has 3 atom stereocenters. The molecule has 0 bridgehead atoms. The first-order valence-corrected chi connectivity index (χ1v) is 11.9. The highest BCUT2D eigenvalue weighted by molar-refractivity contribution is 5.90. The molecule has 1 aliphatic carbocycles. The normalized spacial score (nSPS) is 24.7. The van der Waals surface area contributed by atoms with Crippen LogP contribution in [0.15, 0.2) is 34.7 Å². The van der Waals surface area contributed by atoms with E-state index in [1.54, 1.807) is 18.2 Å². The number of carbonyl (C=O) groups is 2. The van der Waals surface area contributed by atoms with Crippen molar-refractivity contribution in [3.8, 4) is 0 Å². The number of amides is 2. The average molecular weight is 502 g/mol. The molecule has 1 N–H and O–H groups in total. The van der Waals surface area contributed by atoms with Gasteiger partial charge in [0.2, 0.25) is 5.91 Å². The van der Waals surface area contributed by atoms with Crippen LogP contribution in [0.3, 0.4) is 0 Å². The second kappa shape index (κ2) is 9.41. The Hall–Kier alpha value is -3.67. The number of hydrogen-bond donors (Lipinski definition) is 1. The number of fused-ring (bicyclic) bond motifs is 1. The van der Waals surface area contributed by atoms with Gasteiger partial charge in [-0.1, -0.05) is 0 Å². The van der Waals surface area contributed by atoms with Crippen molar-refractivity contribution in [1.29, 1.82) is 0 Å². The number of piperidine rings is 1. The van der Waals surface area contributed by atoms with Crippen LogP contribution >= 0.6 is 0 Å². The van der Waals surface area contributed by atoms with E-state index in [0.717, 1.165) is 19.6 Å². The summed E-state index contributed by atoms with van der Waals surface area (Å²) in [5.41, 5.74) is 0.942. The maximum Gasteiger partial charge on any atom is 0.433 e. The molecule has 1 aromatic heterocycles. The van der Waals surface area contributed by atoms with E-state index in [9.17, 15) is 19.7 Å². The van der Waals surface area contributed by atoms with Gasteiger partial charge in [-0.25, -0.2) is 9.18 Å². The summed E-state index contributed by atoms with van der Waals surface area (Å²) in [6, 6.07) is 7.77. The van der Waals surface area contributed by atoms with Crippen LogP contribution in [0.4, 0.5) is 26.4 Å². The summed E-state index contributed by atoms with van der Waals surface area (Å²) in [5.74, 6) is 1.15. The lowest BCUT2D eigenvalue weighted by Crippen LogP contribution is -2.33. The lowest BCUT2D eigenvalue weighted by atomic mass is 10.2. The number of nitro groups is 1. The Morgan fingerprint density at radius 1 is 1.25 bits per heavy atom. The molecule has 2 saturated heterocycles. The highest BCUT2D eigenvalue weighted by Gasteiger charge is 2.55. The lowest BCUT2D eigenvalue weighted by Gasteiger charge is -2.25. The van der Waals surface area contributed by atoms with Gasteiger partial charge < -0.3 is 19.4 Å². The number of anilines is 2. The number of ether oxygens (including phenoxy) is 1. The first kappa shape index (κ1) is 24.0. The number of nitrogens with one attached hydrogen (secondary N) is 1. The molecule has 3 aliphatic rings. The molecule has 3 heterocycles. The van der Waals surface area contributed by atoms with E-state index in [1.165, 1.54) is 24.0 Å². The summed E-state index contributed by atoms with van der Waals surface area (Å²) in [6.07, 6.45) is -1.04. The number of rotatable bonds is 9. The minimum Gasteiger partial charge on any atom is -0.442 e. The van der Waals surface area contributed by atoms with Gasteiger partial charge in [0.15, 0.2) is 0 Å². The maximum atomic E-state index is 15.0. The molecule has 1 aromatic carbocycles. The molecular weight excluding hydrogens is 473 g/mol. The van der Waals surface area contributed by atoms with E-state index in [2.05, 4.69) is 10.2 Å². The molecule has 1 saturated carbocycles. The minimum absolute atomic E-state index is 0.207. The van der Waals surface area contributed by atoms with Crippen molar-refractivity contribution < 1.29 is 28.1 Å². The molecule has 12 heteroatoms. The first-order valence-electron chi connectivity index (χ1n) is 11.9. The minimum atomic E-state index is -0.559. The van der Waals surface area contributed by atoms with Crippen molar-refractivity contribution in [1.82, 2.24) is 10.2 Å². The first-order chi connectivity index (χ1) is 17.2. The Labute approximate surface area is 206 Å². The smallest absolute Gasteiger partial charge is 0.433 e. The van der Waals surface area contributed by atoms with E-state index in [0.29, 0.717) is 41.4 Å². The second-order valence-corrected chi connectivity index (χ2v) is 9.78. The Bertz CT molecular complexity index is 1180. The Balaban J connectivity index is 1.13. The highest BCUT2D eigenvalue weighted by Crippen LogP contribution is 2.53. The number of carbonyl (C=O) groups excluding carboxylic acids is 2. The van der Waals surface area contributed by atoms with Crippen molar-refractivity contribution in [2.45, 2.75) is 19.6 Å². The van der Waals surface area contributed by atoms with Gasteiger partial charge in [-0.15, -0.1) is 0 Å². The third-order valence-corrected chi connectivity index (χ3v) is 7.18. The van der Waals surface area contributed by atoms with Crippen molar-refractivity contribution in [3.63, 3.8) is 0 Å². The van der Waals surface area contributed by atoms with Crippen molar-refractivity contribution >= 4 is 29.3 Å². The molecule has 36 heavy (non-hydrogen) atoms. The largest absolute Gasteiger partial charge is 0.442 e. The molecule has 2 unspecified atom stereocenters. The molecule has 11 nitrogen and oxygen atoms in total. The fraction of sp³-hybridized carbons (Fsp3) is 0.500. The fourth-order valence-corrected chi connectivity index (χ4v) is 5.37. The van der Waals surface area contributed by atoms with Gasteiger partial charge in [0.05, 0.1) is 37.1 Å². The van der Waals surface area contributed by atoms with Gasteiger partial charge in [-0.2, -0.15) is 0 Å². The summed E-state index contributed by atoms with van der Waals surface area (Å²) in [6.45, 7) is 4.71. The Morgan fingerprint density at radius 2 is 2.00 bits per heavy atom. The predicted molar refractivity (Wildman–Crippen MR) is 127 cm³/mol. The third kappa shape index (κ3) is 4.85. The van der Waals surface area contributed by atoms with E-state index < -0.39 is 17.1 Å². The standard InChI is InChI=1S/C24H28FN5O6/c1-14(31)26-8-17-10-29(24(32)36-17)15-3-5-22(21(25)7-15)28-12-19-18(20(19)13-28)11-27(2)9-16-4-6-23(35-16)30(33)34/h3-7,17-20H,8-13H2,1-2H3,(H,26,31)/t17-,18?,19?,20?/m0/s1. The molecule has 3 fully saturated rings. The molecule has 2 aromatic rings. The summed E-state index contributed by atoms with van der Waals surface area (Å²) in [5, 5.41) is 13.4. The van der Waals surface area contributed by atoms with Gasteiger partial charge in [-0.05, 0) is 49.1 Å². The van der Waals surface area contributed by atoms with Crippen LogP contribution < -0.4 is 15.1 Å². The summed E-state index contributed by atoms with van der Waals surface area (Å²) in [4.78, 5) is 39.1. The van der Waals surface area contributed by atoms with Gasteiger partial charge >= 0.3 is 12.0 Å². The van der Waals surface area contributed by atoms with Gasteiger partial charge in [0.25, 0.3) is 0 Å². The van der Waals surface area contributed by atoms with Crippen LogP contribution in [0, 0.1) is 33.7 Å². The number of cyclic esters (lactones) is 1. The topological polar surface area (TPSA) is 121 Å². The van der Waals surface area contributed by atoms with E-state index in [1.807, 2.05) is 11.9 Å². The maximum absolute atomic E-state index is 15.0. The summed E-state index contributed by atoms with van der Waals surface area (Å²) in [7, 11) is 1.96. The quantitative estimate of drug-likeness (QED) is 0.411. The zero-order valence-corrected chi connectivity index (χ0v) is 20.1. The van der Waals surface area contributed by atoms with Crippen LogP contribution in [-0.2, 0) is 16.1 Å². The van der Waals surface area contributed by atoms with Gasteiger partial charge in [-0.3, -0.25) is 24.7 Å². The molecule has 5 rings (SSSR count). The molecule has 192 valence electrons. The van der Waals surface area contributed by atoms with Crippen molar-refractivity contribution in [2.24, 2.45) is 17.8 Å². The number of benzene rings is 1. The number of hydrogen-bond acceptors (Lipinski definition) is 8. The van der Waals surface area contributed by atoms with E-state index in [4.69, 9.17) is 9.15 Å². The summed E-state index contributed by atoms with van der Waals surface area (Å²) >= 11 is 0. The number of halogens is 1. The van der Waals surface area contributed by atoms with Crippen LogP contribution in [0.5, 0.6) is 0 Å². The molecule has 0 spiro atoms. The Kier molecular flexibility index (Phi) is 6.29. The predicted octanol–water partition coefficient (Wildman–Crippen LogP) is 2.60. The zero-order chi connectivity index (χ0) is 25.6. The van der Waals surface area contributed by atoms with Crippen LogP contribution in [0.2, 0.25) is 0 Å². The number of furan rings is 1.